The van der Waals surface area contributed by atoms with E-state index in [1.807, 2.05) is 0 Å². The molecular formula is C27H20F3NO6. The number of methoxy groups -OCH3 is 1. The Bertz CT molecular complexity index is 1430. The van der Waals surface area contributed by atoms with Crippen molar-refractivity contribution in [2.45, 2.75) is 18.8 Å². The van der Waals surface area contributed by atoms with Crippen molar-refractivity contribution in [2.24, 2.45) is 0 Å². The fourth-order valence-corrected chi connectivity index (χ4v) is 4.55. The molecule has 1 saturated heterocycles. The molecule has 190 valence electrons. The summed E-state index contributed by atoms with van der Waals surface area (Å²) in [5.74, 6) is -1.87. The predicted molar refractivity (Wildman–Crippen MR) is 127 cm³/mol. The average molecular weight is 511 g/mol. The van der Waals surface area contributed by atoms with Crippen molar-refractivity contribution in [3.8, 4) is 17.2 Å². The molecule has 37 heavy (non-hydrogen) atoms. The van der Waals surface area contributed by atoms with Crippen LogP contribution < -0.4 is 19.1 Å². The van der Waals surface area contributed by atoms with E-state index in [4.69, 9.17) is 9.47 Å². The third kappa shape index (κ3) is 4.57. The van der Waals surface area contributed by atoms with Crippen LogP contribution in [0.4, 0.5) is 18.9 Å². The zero-order valence-corrected chi connectivity index (χ0v) is 19.4. The van der Waals surface area contributed by atoms with Gasteiger partial charge in [-0.25, -0.2) is 0 Å². The standard InChI is InChI=1S/C27H20F3NO6/c1-35-19-6-2-4-16(13-19)23-22(24(32)17-8-9-21-15(12-17)10-11-36-21)25(33)26(34)31(23)18-5-3-7-20(14-18)37-27(28,29)30/h2-9,12-14,23,32H,10-11H2,1H3/b24-22-. The van der Waals surface area contributed by atoms with E-state index in [1.54, 1.807) is 42.5 Å². The second-order valence-electron chi connectivity index (χ2n) is 8.41. The van der Waals surface area contributed by atoms with Crippen LogP contribution in [0.15, 0.2) is 72.3 Å². The van der Waals surface area contributed by atoms with E-state index in [1.165, 1.54) is 19.2 Å². The summed E-state index contributed by atoms with van der Waals surface area (Å²) in [7, 11) is 1.45. The van der Waals surface area contributed by atoms with E-state index < -0.39 is 35.6 Å². The van der Waals surface area contributed by atoms with Gasteiger partial charge in [-0.2, -0.15) is 0 Å². The molecule has 0 aliphatic carbocycles. The average Bonchev–Trinajstić information content (AvgIpc) is 3.44. The zero-order valence-electron chi connectivity index (χ0n) is 19.4. The molecule has 1 amide bonds. The highest BCUT2D eigenvalue weighted by Gasteiger charge is 2.47. The topological polar surface area (TPSA) is 85.3 Å². The maximum atomic E-state index is 13.3. The molecule has 0 aromatic heterocycles. The van der Waals surface area contributed by atoms with Gasteiger partial charge in [0.1, 0.15) is 23.0 Å². The molecule has 1 N–H and O–H groups in total. The van der Waals surface area contributed by atoms with Crippen LogP contribution in [0.2, 0.25) is 0 Å². The Balaban J connectivity index is 1.68. The first-order valence-electron chi connectivity index (χ1n) is 11.2. The number of amides is 1. The first-order valence-corrected chi connectivity index (χ1v) is 11.2. The largest absolute Gasteiger partial charge is 0.573 e. The van der Waals surface area contributed by atoms with Crippen LogP contribution in [-0.4, -0.2) is 36.9 Å². The lowest BCUT2D eigenvalue weighted by atomic mass is 9.94. The summed E-state index contributed by atoms with van der Waals surface area (Å²) >= 11 is 0. The quantitative estimate of drug-likeness (QED) is 0.290. The Kier molecular flexibility index (Phi) is 6.02. The minimum absolute atomic E-state index is 0.0157. The van der Waals surface area contributed by atoms with E-state index in [2.05, 4.69) is 4.74 Å². The van der Waals surface area contributed by atoms with Crippen LogP contribution in [0, 0.1) is 0 Å². The van der Waals surface area contributed by atoms with Crippen molar-refractivity contribution in [1.29, 1.82) is 0 Å². The van der Waals surface area contributed by atoms with Crippen LogP contribution in [0.5, 0.6) is 17.2 Å². The molecule has 1 unspecified atom stereocenters. The smallest absolute Gasteiger partial charge is 0.507 e. The van der Waals surface area contributed by atoms with Gasteiger partial charge in [0.05, 0.1) is 25.3 Å². The van der Waals surface area contributed by atoms with E-state index in [-0.39, 0.29) is 11.3 Å². The third-order valence-electron chi connectivity index (χ3n) is 6.15. The molecule has 0 spiro atoms. The fraction of sp³-hybridized carbons (Fsp3) is 0.185. The Morgan fingerprint density at radius 1 is 1.03 bits per heavy atom. The number of ketones is 1. The van der Waals surface area contributed by atoms with Crippen LogP contribution in [0.1, 0.15) is 22.7 Å². The maximum absolute atomic E-state index is 13.3. The molecule has 7 nitrogen and oxygen atoms in total. The van der Waals surface area contributed by atoms with Crippen molar-refractivity contribution in [3.05, 3.63) is 89.0 Å². The lowest BCUT2D eigenvalue weighted by Gasteiger charge is -2.26. The van der Waals surface area contributed by atoms with Crippen LogP contribution in [0.25, 0.3) is 5.76 Å². The second-order valence-corrected chi connectivity index (χ2v) is 8.41. The highest BCUT2D eigenvalue weighted by Crippen LogP contribution is 2.44. The van der Waals surface area contributed by atoms with Gasteiger partial charge in [-0.15, -0.1) is 13.2 Å². The van der Waals surface area contributed by atoms with Gasteiger partial charge in [0.15, 0.2) is 0 Å². The molecular weight excluding hydrogens is 491 g/mol. The number of alkyl halides is 3. The molecule has 2 aliphatic heterocycles. The number of benzene rings is 3. The van der Waals surface area contributed by atoms with Crippen molar-refractivity contribution in [1.82, 2.24) is 0 Å². The van der Waals surface area contributed by atoms with Gasteiger partial charge >= 0.3 is 6.36 Å². The summed E-state index contributed by atoms with van der Waals surface area (Å²) in [5.41, 5.74) is 1.33. The summed E-state index contributed by atoms with van der Waals surface area (Å²) in [5, 5.41) is 11.3. The first kappa shape index (κ1) is 24.2. The molecule has 0 radical (unpaired) electrons. The summed E-state index contributed by atoms with van der Waals surface area (Å²) in [6.07, 6.45) is -4.33. The minimum Gasteiger partial charge on any atom is -0.507 e. The Hall–Kier alpha value is -4.47. The van der Waals surface area contributed by atoms with Gasteiger partial charge in [0.25, 0.3) is 11.7 Å². The number of nitrogens with zero attached hydrogens (tertiary/aromatic N) is 1. The normalized spacial score (nSPS) is 18.5. The summed E-state index contributed by atoms with van der Waals surface area (Å²) in [6, 6.07) is 15.1. The van der Waals surface area contributed by atoms with Crippen molar-refractivity contribution >= 4 is 23.1 Å². The minimum atomic E-state index is -4.95. The number of rotatable bonds is 5. The van der Waals surface area contributed by atoms with Gasteiger partial charge in [-0.05, 0) is 53.6 Å². The lowest BCUT2D eigenvalue weighted by molar-refractivity contribution is -0.274. The van der Waals surface area contributed by atoms with Crippen molar-refractivity contribution in [3.63, 3.8) is 0 Å². The lowest BCUT2D eigenvalue weighted by Crippen LogP contribution is -2.29. The number of hydrogen-bond donors (Lipinski definition) is 1. The zero-order chi connectivity index (χ0) is 26.3. The fourth-order valence-electron chi connectivity index (χ4n) is 4.55. The predicted octanol–water partition coefficient (Wildman–Crippen LogP) is 5.16. The number of anilines is 1. The SMILES string of the molecule is COc1cccc(C2/C(=C(/O)c3ccc4c(c3)CCO4)C(=O)C(=O)N2c2cccc(OC(F)(F)F)c2)c1. The number of Topliss-reactive ketones (excluding diaryl/α,β-unsaturated/α-hetero) is 1. The van der Waals surface area contributed by atoms with Crippen LogP contribution in [0.3, 0.4) is 0 Å². The summed E-state index contributed by atoms with van der Waals surface area (Å²) in [6.45, 7) is 0.490. The monoisotopic (exact) mass is 511 g/mol. The van der Waals surface area contributed by atoms with Gasteiger partial charge in [0, 0.05) is 23.7 Å². The molecule has 1 atom stereocenters. The maximum Gasteiger partial charge on any atom is 0.573 e. The number of aliphatic hydroxyl groups is 1. The molecule has 5 rings (SSSR count). The number of ether oxygens (including phenoxy) is 3. The highest BCUT2D eigenvalue weighted by molar-refractivity contribution is 6.51. The summed E-state index contributed by atoms with van der Waals surface area (Å²) < 4.78 is 53.3. The number of carbonyl (C=O) groups excluding carboxylic acids is 2. The second kappa shape index (κ2) is 9.20. The van der Waals surface area contributed by atoms with E-state index in [0.29, 0.717) is 35.7 Å². The Morgan fingerprint density at radius 2 is 1.78 bits per heavy atom. The molecule has 0 saturated carbocycles. The van der Waals surface area contributed by atoms with Crippen molar-refractivity contribution in [2.75, 3.05) is 18.6 Å². The molecule has 0 bridgehead atoms. The number of aliphatic hydroxyl groups excluding tert-OH is 1. The van der Waals surface area contributed by atoms with E-state index >= 15 is 0 Å². The van der Waals surface area contributed by atoms with Gasteiger partial charge < -0.3 is 19.3 Å². The van der Waals surface area contributed by atoms with Crippen molar-refractivity contribution < 1.29 is 42.1 Å². The van der Waals surface area contributed by atoms with Crippen LogP contribution >= 0.6 is 0 Å². The number of fused-ring (bicyclic) bond motifs is 1. The molecule has 3 aromatic carbocycles. The van der Waals surface area contributed by atoms with Gasteiger partial charge in [0.2, 0.25) is 0 Å². The Labute approximate surface area is 209 Å². The van der Waals surface area contributed by atoms with E-state index in [0.717, 1.165) is 22.6 Å². The Morgan fingerprint density at radius 3 is 2.54 bits per heavy atom. The van der Waals surface area contributed by atoms with E-state index in [9.17, 15) is 27.9 Å². The molecule has 10 heteroatoms. The molecule has 2 heterocycles. The number of carbonyl (C=O) groups is 2. The van der Waals surface area contributed by atoms with Crippen LogP contribution in [-0.2, 0) is 16.0 Å². The first-order chi connectivity index (χ1) is 17.7. The highest BCUT2D eigenvalue weighted by atomic mass is 19.4. The summed E-state index contributed by atoms with van der Waals surface area (Å²) in [4.78, 5) is 27.6. The van der Waals surface area contributed by atoms with Gasteiger partial charge in [-0.1, -0.05) is 18.2 Å². The number of hydrogen-bond acceptors (Lipinski definition) is 6. The molecule has 3 aromatic rings. The molecule has 2 aliphatic rings. The molecule has 1 fully saturated rings. The van der Waals surface area contributed by atoms with Gasteiger partial charge in [-0.3, -0.25) is 14.5 Å². The third-order valence-corrected chi connectivity index (χ3v) is 6.15. The number of halogens is 3.